The van der Waals surface area contributed by atoms with E-state index in [-0.39, 0.29) is 11.8 Å². The minimum absolute atomic E-state index is 0.108. The van der Waals surface area contributed by atoms with Gasteiger partial charge < -0.3 is 20.1 Å². The van der Waals surface area contributed by atoms with Gasteiger partial charge in [0, 0.05) is 26.3 Å². The van der Waals surface area contributed by atoms with Crippen molar-refractivity contribution >= 4 is 5.69 Å². The van der Waals surface area contributed by atoms with E-state index >= 15 is 0 Å². The summed E-state index contributed by atoms with van der Waals surface area (Å²) in [4.78, 5) is 2.09. The van der Waals surface area contributed by atoms with Crippen molar-refractivity contribution in [3.8, 4) is 11.5 Å². The van der Waals surface area contributed by atoms with Gasteiger partial charge in [0.1, 0.15) is 0 Å². The minimum Gasteiger partial charge on any atom is -0.504 e. The average Bonchev–Trinajstić information content (AvgIpc) is 2.53. The number of hydrogen-bond acceptors (Lipinski definition) is 4. The lowest BCUT2D eigenvalue weighted by atomic mass is 9.89. The predicted molar refractivity (Wildman–Crippen MR) is 89.0 cm³/mol. The second-order valence-corrected chi connectivity index (χ2v) is 5.85. The van der Waals surface area contributed by atoms with Crippen molar-refractivity contribution in [3.05, 3.63) is 53.1 Å². The molecule has 0 fully saturated rings. The number of rotatable bonds is 3. The van der Waals surface area contributed by atoms with E-state index in [9.17, 15) is 5.11 Å². The van der Waals surface area contributed by atoms with Crippen LogP contribution in [-0.2, 0) is 6.42 Å². The lowest BCUT2D eigenvalue weighted by Gasteiger charge is -2.28. The number of phenols is 1. The molecule has 0 aliphatic carbocycles. The van der Waals surface area contributed by atoms with Crippen LogP contribution in [0.3, 0.4) is 0 Å². The molecule has 22 heavy (non-hydrogen) atoms. The highest BCUT2D eigenvalue weighted by atomic mass is 16.5. The highest BCUT2D eigenvalue weighted by Crippen LogP contribution is 2.37. The highest BCUT2D eigenvalue weighted by Gasteiger charge is 2.23. The zero-order chi connectivity index (χ0) is 15.7. The molecule has 4 heteroatoms. The molecule has 1 atom stereocenters. The van der Waals surface area contributed by atoms with Gasteiger partial charge in [-0.2, -0.15) is 0 Å². The maximum absolute atomic E-state index is 10.1. The van der Waals surface area contributed by atoms with Crippen LogP contribution in [-0.4, -0.2) is 32.9 Å². The number of benzene rings is 2. The van der Waals surface area contributed by atoms with Gasteiger partial charge in [0.2, 0.25) is 0 Å². The van der Waals surface area contributed by atoms with Crippen LogP contribution >= 0.6 is 0 Å². The summed E-state index contributed by atoms with van der Waals surface area (Å²) >= 11 is 0. The first kappa shape index (κ1) is 14.7. The molecule has 3 rings (SSSR count). The Morgan fingerprint density at radius 1 is 1.18 bits per heavy atom. The molecule has 4 nitrogen and oxygen atoms in total. The Morgan fingerprint density at radius 2 is 1.91 bits per heavy atom. The number of nitrogens with one attached hydrogen (secondary N) is 1. The molecule has 1 aliphatic heterocycles. The summed E-state index contributed by atoms with van der Waals surface area (Å²) in [6, 6.07) is 12.4. The number of nitrogens with zero attached hydrogens (tertiary/aromatic N) is 1. The van der Waals surface area contributed by atoms with Gasteiger partial charge in [-0.05, 0) is 47.4 Å². The maximum Gasteiger partial charge on any atom is 0.160 e. The molecule has 116 valence electrons. The zero-order valence-electron chi connectivity index (χ0n) is 13.3. The van der Waals surface area contributed by atoms with Gasteiger partial charge in [0.25, 0.3) is 0 Å². The molecule has 0 saturated heterocycles. The Balaban J connectivity index is 1.99. The van der Waals surface area contributed by atoms with E-state index in [0.717, 1.165) is 18.5 Å². The molecule has 2 N–H and O–H groups in total. The van der Waals surface area contributed by atoms with Crippen LogP contribution in [0.1, 0.15) is 22.7 Å². The molecular formula is C18H22N2O2. The number of aromatic hydroxyl groups is 1. The highest BCUT2D eigenvalue weighted by molar-refractivity contribution is 5.52. The Hall–Kier alpha value is -2.20. The van der Waals surface area contributed by atoms with Crippen LogP contribution in [0.2, 0.25) is 0 Å². The molecule has 0 amide bonds. The molecule has 0 bridgehead atoms. The molecule has 0 radical (unpaired) electrons. The molecule has 2 aromatic carbocycles. The molecule has 0 saturated carbocycles. The van der Waals surface area contributed by atoms with Crippen molar-refractivity contribution in [2.24, 2.45) is 0 Å². The Bertz CT molecular complexity index is 666. The van der Waals surface area contributed by atoms with Gasteiger partial charge in [0.05, 0.1) is 13.2 Å². The van der Waals surface area contributed by atoms with Crippen LogP contribution < -0.4 is 15.0 Å². The van der Waals surface area contributed by atoms with Crippen LogP contribution in [0.4, 0.5) is 5.69 Å². The summed E-state index contributed by atoms with van der Waals surface area (Å²) < 4.78 is 5.22. The van der Waals surface area contributed by atoms with Gasteiger partial charge in [-0.3, -0.25) is 0 Å². The van der Waals surface area contributed by atoms with Crippen molar-refractivity contribution in [1.82, 2.24) is 5.32 Å². The Morgan fingerprint density at radius 3 is 2.55 bits per heavy atom. The third-order valence-electron chi connectivity index (χ3n) is 4.24. The van der Waals surface area contributed by atoms with Gasteiger partial charge in [-0.15, -0.1) is 0 Å². The lowest BCUT2D eigenvalue weighted by Crippen LogP contribution is -2.30. The van der Waals surface area contributed by atoms with Crippen molar-refractivity contribution < 1.29 is 9.84 Å². The quantitative estimate of drug-likeness (QED) is 0.914. The summed E-state index contributed by atoms with van der Waals surface area (Å²) in [6.07, 6.45) is 0.943. The normalized spacial score (nSPS) is 17.0. The fourth-order valence-electron chi connectivity index (χ4n) is 3.00. The SMILES string of the molecule is COc1cc2c(cc1O)C(c1ccc(N(C)C)cc1)NCC2. The summed E-state index contributed by atoms with van der Waals surface area (Å²) in [6.45, 7) is 0.918. The van der Waals surface area contributed by atoms with E-state index in [1.54, 1.807) is 7.11 Å². The monoisotopic (exact) mass is 298 g/mol. The second kappa shape index (κ2) is 5.89. The van der Waals surface area contributed by atoms with E-state index < -0.39 is 0 Å². The minimum atomic E-state index is 0.108. The van der Waals surface area contributed by atoms with Crippen molar-refractivity contribution in [1.29, 1.82) is 0 Å². The van der Waals surface area contributed by atoms with E-state index in [1.165, 1.54) is 16.8 Å². The maximum atomic E-state index is 10.1. The first-order valence-electron chi connectivity index (χ1n) is 7.50. The van der Waals surface area contributed by atoms with Crippen LogP contribution in [0.25, 0.3) is 0 Å². The first-order chi connectivity index (χ1) is 10.6. The van der Waals surface area contributed by atoms with Crippen molar-refractivity contribution in [3.63, 3.8) is 0 Å². The lowest BCUT2D eigenvalue weighted by molar-refractivity contribution is 0.371. The van der Waals surface area contributed by atoms with E-state index in [4.69, 9.17) is 4.74 Å². The van der Waals surface area contributed by atoms with E-state index in [2.05, 4.69) is 34.5 Å². The van der Waals surface area contributed by atoms with Crippen LogP contribution in [0, 0.1) is 0 Å². The van der Waals surface area contributed by atoms with E-state index in [1.807, 2.05) is 26.2 Å². The summed E-state index contributed by atoms with van der Waals surface area (Å²) in [7, 11) is 5.65. The molecule has 0 aromatic heterocycles. The topological polar surface area (TPSA) is 44.7 Å². The van der Waals surface area contributed by atoms with Gasteiger partial charge in [-0.1, -0.05) is 12.1 Å². The third-order valence-corrected chi connectivity index (χ3v) is 4.24. The fraction of sp³-hybridized carbons (Fsp3) is 0.333. The van der Waals surface area contributed by atoms with Crippen molar-refractivity contribution in [2.45, 2.75) is 12.5 Å². The average molecular weight is 298 g/mol. The van der Waals surface area contributed by atoms with E-state index in [0.29, 0.717) is 5.75 Å². The third kappa shape index (κ3) is 2.62. The Labute approximate surface area is 131 Å². The number of fused-ring (bicyclic) bond motifs is 1. The molecule has 1 unspecified atom stereocenters. The predicted octanol–water partition coefficient (Wildman–Crippen LogP) is 2.70. The van der Waals surface area contributed by atoms with Gasteiger partial charge in [-0.25, -0.2) is 0 Å². The number of anilines is 1. The molecule has 2 aromatic rings. The van der Waals surface area contributed by atoms with Gasteiger partial charge >= 0.3 is 0 Å². The zero-order valence-corrected chi connectivity index (χ0v) is 13.3. The second-order valence-electron chi connectivity index (χ2n) is 5.85. The number of ether oxygens (including phenoxy) is 1. The summed E-state index contributed by atoms with van der Waals surface area (Å²) in [5, 5.41) is 13.6. The standard InChI is InChI=1S/C18H22N2O2/c1-20(2)14-6-4-12(5-7-14)18-15-11-16(21)17(22-3)10-13(15)8-9-19-18/h4-7,10-11,18-19,21H,8-9H2,1-3H3. The van der Waals surface area contributed by atoms with Crippen molar-refractivity contribution in [2.75, 3.05) is 32.6 Å². The molecule has 1 aliphatic rings. The fourth-order valence-corrected chi connectivity index (χ4v) is 3.00. The number of methoxy groups -OCH3 is 1. The molecule has 0 spiro atoms. The van der Waals surface area contributed by atoms with Crippen LogP contribution in [0.5, 0.6) is 11.5 Å². The summed E-state index contributed by atoms with van der Waals surface area (Å²) in [5.74, 6) is 0.738. The summed E-state index contributed by atoms with van der Waals surface area (Å²) in [5.41, 5.74) is 4.74. The smallest absolute Gasteiger partial charge is 0.160 e. The van der Waals surface area contributed by atoms with Gasteiger partial charge in [0.15, 0.2) is 11.5 Å². The van der Waals surface area contributed by atoms with Crippen LogP contribution in [0.15, 0.2) is 36.4 Å². The first-order valence-corrected chi connectivity index (χ1v) is 7.50. The number of hydrogen-bond donors (Lipinski definition) is 2. The molecule has 1 heterocycles. The number of phenolic OH excluding ortho intramolecular Hbond substituents is 1. The molecular weight excluding hydrogens is 276 g/mol. The Kier molecular flexibility index (Phi) is 3.94. The largest absolute Gasteiger partial charge is 0.504 e.